The quantitative estimate of drug-likeness (QED) is 0.148. The van der Waals surface area contributed by atoms with Gasteiger partial charge in [-0.05, 0) is 72.6 Å². The number of benzene rings is 4. The molecule has 0 atom stereocenters. The van der Waals surface area contributed by atoms with Crippen LogP contribution in [0, 0.1) is 0 Å². The lowest BCUT2D eigenvalue weighted by Crippen LogP contribution is -2.27. The Kier molecular flexibility index (Phi) is 8.79. The fourth-order valence-electron chi connectivity index (χ4n) is 7.29. The van der Waals surface area contributed by atoms with Gasteiger partial charge in [0.15, 0.2) is 0 Å². The summed E-state index contributed by atoms with van der Waals surface area (Å²) in [6.07, 6.45) is 4.75. The SMILES string of the molecule is NCCCN(Cc1nccc2c3ccccc3n(Cc3cccc(Cl)c3)c12)Cc1nccc2c3ccccc3n(Cc3cccc(Cl)c3)c12. The number of hydrogen-bond donors (Lipinski definition) is 1. The molecule has 244 valence electrons. The Balaban J connectivity index is 1.23. The highest BCUT2D eigenvalue weighted by molar-refractivity contribution is 6.31. The third-order valence-electron chi connectivity index (χ3n) is 9.39. The van der Waals surface area contributed by atoms with Crippen LogP contribution in [0.5, 0.6) is 0 Å². The highest BCUT2D eigenvalue weighted by atomic mass is 35.5. The lowest BCUT2D eigenvalue weighted by molar-refractivity contribution is 0.250. The van der Waals surface area contributed by atoms with Crippen LogP contribution in [0.15, 0.2) is 122 Å². The number of hydrogen-bond acceptors (Lipinski definition) is 4. The Bertz CT molecular complexity index is 2280. The summed E-state index contributed by atoms with van der Waals surface area (Å²) in [5.41, 5.74) is 15.1. The standard InChI is InChI=1S/C41H36Cl2N6/c42-30-10-5-8-28(22-30)24-48-38-14-3-1-12-32(38)34-16-19-45-36(40(34)48)26-47(21-7-18-44)27-37-41-35(17-20-46-37)33-13-2-4-15-39(33)49(41)25-29-9-6-11-31(43)23-29/h1-6,8-17,19-20,22-23H,7,18,21,24-27,44H2. The highest BCUT2D eigenvalue weighted by Crippen LogP contribution is 2.34. The second-order valence-corrected chi connectivity index (χ2v) is 13.5. The molecule has 6 nitrogen and oxygen atoms in total. The molecule has 0 fully saturated rings. The molecular formula is C41H36Cl2N6. The van der Waals surface area contributed by atoms with Crippen LogP contribution < -0.4 is 5.73 Å². The molecule has 0 aliphatic carbocycles. The summed E-state index contributed by atoms with van der Waals surface area (Å²) < 4.78 is 4.78. The number of rotatable bonds is 11. The van der Waals surface area contributed by atoms with Crippen LogP contribution >= 0.6 is 23.2 Å². The molecule has 0 aliphatic rings. The van der Waals surface area contributed by atoms with Gasteiger partial charge in [-0.2, -0.15) is 0 Å². The van der Waals surface area contributed by atoms with Gasteiger partial charge in [0.1, 0.15) is 0 Å². The van der Waals surface area contributed by atoms with Crippen molar-refractivity contribution in [2.24, 2.45) is 5.73 Å². The molecule has 0 aliphatic heterocycles. The predicted octanol–water partition coefficient (Wildman–Crippen LogP) is 9.45. The molecule has 4 aromatic heterocycles. The Morgan fingerprint density at radius 1 is 0.571 bits per heavy atom. The number of para-hydroxylation sites is 2. The van der Waals surface area contributed by atoms with Crippen LogP contribution in [-0.4, -0.2) is 37.1 Å². The summed E-state index contributed by atoms with van der Waals surface area (Å²) >= 11 is 12.9. The van der Waals surface area contributed by atoms with E-state index in [4.69, 9.17) is 38.9 Å². The van der Waals surface area contributed by atoms with Crippen molar-refractivity contribution < 1.29 is 0 Å². The molecule has 8 rings (SSSR count). The number of pyridine rings is 2. The summed E-state index contributed by atoms with van der Waals surface area (Å²) in [5, 5.41) is 6.30. The molecule has 0 spiro atoms. The molecule has 49 heavy (non-hydrogen) atoms. The lowest BCUT2D eigenvalue weighted by Gasteiger charge is -2.23. The van der Waals surface area contributed by atoms with Crippen LogP contribution in [0.25, 0.3) is 43.6 Å². The minimum atomic E-state index is 0.607. The van der Waals surface area contributed by atoms with E-state index in [1.165, 1.54) is 32.6 Å². The van der Waals surface area contributed by atoms with Gasteiger partial charge >= 0.3 is 0 Å². The van der Waals surface area contributed by atoms with Crippen molar-refractivity contribution in [1.29, 1.82) is 0 Å². The number of nitrogens with zero attached hydrogens (tertiary/aromatic N) is 5. The Hall–Kier alpha value is -4.72. The minimum Gasteiger partial charge on any atom is -0.334 e. The van der Waals surface area contributed by atoms with E-state index in [0.717, 1.165) is 56.6 Å². The Morgan fingerprint density at radius 2 is 1.06 bits per heavy atom. The third kappa shape index (κ3) is 6.18. The zero-order valence-electron chi connectivity index (χ0n) is 27.1. The molecule has 8 heteroatoms. The molecule has 0 bridgehead atoms. The van der Waals surface area contributed by atoms with Crippen LogP contribution in [0.2, 0.25) is 10.0 Å². The normalized spacial score (nSPS) is 11.9. The monoisotopic (exact) mass is 682 g/mol. The van der Waals surface area contributed by atoms with Gasteiger partial charge in [-0.15, -0.1) is 0 Å². The van der Waals surface area contributed by atoms with Crippen LogP contribution in [0.3, 0.4) is 0 Å². The van der Waals surface area contributed by atoms with Gasteiger partial charge in [-0.3, -0.25) is 14.9 Å². The van der Waals surface area contributed by atoms with E-state index in [2.05, 4.69) is 86.8 Å². The van der Waals surface area contributed by atoms with E-state index in [1.54, 1.807) is 0 Å². The van der Waals surface area contributed by atoms with Crippen LogP contribution in [0.1, 0.15) is 28.9 Å². The molecule has 2 N–H and O–H groups in total. The maximum Gasteiger partial charge on any atom is 0.0787 e. The summed E-state index contributed by atoms with van der Waals surface area (Å²) in [7, 11) is 0. The first-order chi connectivity index (χ1) is 24.1. The Labute approximate surface area is 295 Å². The van der Waals surface area contributed by atoms with Gasteiger partial charge in [0.25, 0.3) is 0 Å². The van der Waals surface area contributed by atoms with Gasteiger partial charge in [-0.1, -0.05) is 83.9 Å². The second-order valence-electron chi connectivity index (χ2n) is 12.6. The van der Waals surface area contributed by atoms with E-state index in [-0.39, 0.29) is 0 Å². The smallest absolute Gasteiger partial charge is 0.0787 e. The highest BCUT2D eigenvalue weighted by Gasteiger charge is 2.21. The fourth-order valence-corrected chi connectivity index (χ4v) is 7.72. The molecular weight excluding hydrogens is 647 g/mol. The molecule has 8 aromatic rings. The molecule has 0 unspecified atom stereocenters. The van der Waals surface area contributed by atoms with Crippen molar-refractivity contribution in [2.45, 2.75) is 32.6 Å². The topological polar surface area (TPSA) is 64.9 Å². The van der Waals surface area contributed by atoms with Crippen molar-refractivity contribution in [1.82, 2.24) is 24.0 Å². The average Bonchev–Trinajstić information content (AvgIpc) is 3.61. The fraction of sp³-hybridized carbons (Fsp3) is 0.171. The summed E-state index contributed by atoms with van der Waals surface area (Å²) in [4.78, 5) is 12.5. The zero-order chi connectivity index (χ0) is 33.3. The van der Waals surface area contributed by atoms with Gasteiger partial charge in [0.2, 0.25) is 0 Å². The maximum atomic E-state index is 6.43. The summed E-state index contributed by atoms with van der Waals surface area (Å²) in [6.45, 7) is 4.10. The van der Waals surface area contributed by atoms with Crippen molar-refractivity contribution in [3.63, 3.8) is 0 Å². The number of aromatic nitrogens is 4. The van der Waals surface area contributed by atoms with Crippen LogP contribution in [-0.2, 0) is 26.2 Å². The number of nitrogens with two attached hydrogens (primary N) is 1. The molecule has 0 radical (unpaired) electrons. The van der Waals surface area contributed by atoms with Gasteiger partial charge in [0, 0.05) is 87.7 Å². The Morgan fingerprint density at radius 3 is 1.53 bits per heavy atom. The van der Waals surface area contributed by atoms with Crippen molar-refractivity contribution in [3.05, 3.63) is 154 Å². The lowest BCUT2D eigenvalue weighted by atomic mass is 10.1. The largest absolute Gasteiger partial charge is 0.334 e. The van der Waals surface area contributed by atoms with E-state index >= 15 is 0 Å². The minimum absolute atomic E-state index is 0.607. The molecule has 0 saturated heterocycles. The predicted molar refractivity (Wildman–Crippen MR) is 203 cm³/mol. The van der Waals surface area contributed by atoms with Crippen LogP contribution in [0.4, 0.5) is 0 Å². The molecule has 4 heterocycles. The van der Waals surface area contributed by atoms with E-state index < -0.39 is 0 Å². The zero-order valence-corrected chi connectivity index (χ0v) is 28.6. The first-order valence-corrected chi connectivity index (χ1v) is 17.4. The van der Waals surface area contributed by atoms with Crippen molar-refractivity contribution in [3.8, 4) is 0 Å². The van der Waals surface area contributed by atoms with E-state index in [1.807, 2.05) is 48.8 Å². The third-order valence-corrected chi connectivity index (χ3v) is 9.86. The number of halogens is 2. The van der Waals surface area contributed by atoms with E-state index in [0.29, 0.717) is 32.7 Å². The van der Waals surface area contributed by atoms with Crippen molar-refractivity contribution >= 4 is 66.8 Å². The number of fused-ring (bicyclic) bond motifs is 6. The van der Waals surface area contributed by atoms with Gasteiger partial charge < -0.3 is 14.9 Å². The molecule has 0 saturated carbocycles. The first-order valence-electron chi connectivity index (χ1n) is 16.7. The van der Waals surface area contributed by atoms with Gasteiger partial charge in [-0.25, -0.2) is 0 Å². The second kappa shape index (κ2) is 13.7. The van der Waals surface area contributed by atoms with Crippen molar-refractivity contribution in [2.75, 3.05) is 13.1 Å². The first kappa shape index (κ1) is 31.5. The summed E-state index contributed by atoms with van der Waals surface area (Å²) in [6, 6.07) is 37.7. The summed E-state index contributed by atoms with van der Waals surface area (Å²) in [5.74, 6) is 0. The average molecular weight is 684 g/mol. The molecule has 4 aromatic carbocycles. The van der Waals surface area contributed by atoms with E-state index in [9.17, 15) is 0 Å². The maximum absolute atomic E-state index is 6.43. The molecule has 0 amide bonds. The van der Waals surface area contributed by atoms with Gasteiger partial charge in [0.05, 0.1) is 22.4 Å².